The molecule has 1 aliphatic carbocycles. The summed E-state index contributed by atoms with van der Waals surface area (Å²) in [5, 5.41) is 0. The molecular formula is C16H22. The quantitative estimate of drug-likeness (QED) is 0.635. The molecule has 1 atom stereocenters. The fraction of sp³-hybridized carbons (Fsp3) is 0.500. The van der Waals surface area contributed by atoms with E-state index in [9.17, 15) is 0 Å². The van der Waals surface area contributed by atoms with Gasteiger partial charge in [-0.25, -0.2) is 0 Å². The first-order valence-corrected chi connectivity index (χ1v) is 6.32. The van der Waals surface area contributed by atoms with E-state index in [2.05, 4.69) is 39.5 Å². The SMILES string of the molecule is C=C1CCCC1Cc1cc(C)c(C)cc1C. The van der Waals surface area contributed by atoms with Gasteiger partial charge in [0.2, 0.25) is 0 Å². The molecule has 1 aromatic rings. The molecule has 1 aromatic carbocycles. The van der Waals surface area contributed by atoms with Crippen LogP contribution in [0.2, 0.25) is 0 Å². The van der Waals surface area contributed by atoms with Crippen LogP contribution in [0.15, 0.2) is 24.3 Å². The molecule has 1 aliphatic rings. The van der Waals surface area contributed by atoms with E-state index >= 15 is 0 Å². The number of allylic oxidation sites excluding steroid dienone is 1. The Morgan fingerprint density at radius 2 is 1.81 bits per heavy atom. The highest BCUT2D eigenvalue weighted by Crippen LogP contribution is 2.33. The molecule has 1 unspecified atom stereocenters. The minimum Gasteiger partial charge on any atom is -0.0996 e. The van der Waals surface area contributed by atoms with Crippen LogP contribution in [0.3, 0.4) is 0 Å². The van der Waals surface area contributed by atoms with Crippen molar-refractivity contribution in [3.8, 4) is 0 Å². The molecule has 0 aromatic heterocycles. The van der Waals surface area contributed by atoms with E-state index in [-0.39, 0.29) is 0 Å². The molecule has 0 amide bonds. The molecule has 1 saturated carbocycles. The summed E-state index contributed by atoms with van der Waals surface area (Å²) in [6.07, 6.45) is 5.12. The molecule has 0 nitrogen and oxygen atoms in total. The van der Waals surface area contributed by atoms with E-state index in [4.69, 9.17) is 0 Å². The lowest BCUT2D eigenvalue weighted by atomic mass is 9.90. The molecular weight excluding hydrogens is 192 g/mol. The van der Waals surface area contributed by atoms with Crippen molar-refractivity contribution in [3.63, 3.8) is 0 Å². The van der Waals surface area contributed by atoms with Crippen LogP contribution < -0.4 is 0 Å². The molecule has 16 heavy (non-hydrogen) atoms. The largest absolute Gasteiger partial charge is 0.0996 e. The zero-order valence-corrected chi connectivity index (χ0v) is 10.8. The van der Waals surface area contributed by atoms with Gasteiger partial charge < -0.3 is 0 Å². The standard InChI is InChI=1S/C16H22/c1-11-6-5-7-15(11)10-16-9-13(3)12(2)8-14(16)4/h8-9,15H,1,5-7,10H2,2-4H3. The van der Waals surface area contributed by atoms with Gasteiger partial charge in [0, 0.05) is 0 Å². The van der Waals surface area contributed by atoms with Gasteiger partial charge in [-0.2, -0.15) is 0 Å². The third-order valence-corrected chi connectivity index (χ3v) is 4.05. The second kappa shape index (κ2) is 4.45. The lowest BCUT2D eigenvalue weighted by molar-refractivity contribution is 0.623. The topological polar surface area (TPSA) is 0 Å². The summed E-state index contributed by atoms with van der Waals surface area (Å²) in [6, 6.07) is 4.69. The van der Waals surface area contributed by atoms with Gasteiger partial charge >= 0.3 is 0 Å². The van der Waals surface area contributed by atoms with Gasteiger partial charge in [0.05, 0.1) is 0 Å². The fourth-order valence-corrected chi connectivity index (χ4v) is 2.74. The third-order valence-electron chi connectivity index (χ3n) is 4.05. The Bertz CT molecular complexity index is 412. The summed E-state index contributed by atoms with van der Waals surface area (Å²) in [4.78, 5) is 0. The predicted octanol–water partition coefficient (Wildman–Crippen LogP) is 4.51. The summed E-state index contributed by atoms with van der Waals surface area (Å²) < 4.78 is 0. The number of rotatable bonds is 2. The molecule has 0 radical (unpaired) electrons. The molecule has 0 N–H and O–H groups in total. The van der Waals surface area contributed by atoms with E-state index in [1.165, 1.54) is 53.5 Å². The molecule has 0 saturated heterocycles. The molecule has 86 valence electrons. The maximum absolute atomic E-state index is 4.20. The summed E-state index contributed by atoms with van der Waals surface area (Å²) in [5.41, 5.74) is 7.27. The Morgan fingerprint density at radius 3 is 2.44 bits per heavy atom. The van der Waals surface area contributed by atoms with Crippen molar-refractivity contribution in [3.05, 3.63) is 46.5 Å². The Balaban J connectivity index is 2.21. The van der Waals surface area contributed by atoms with Gasteiger partial charge in [-0.05, 0) is 74.6 Å². The van der Waals surface area contributed by atoms with Gasteiger partial charge in [0.15, 0.2) is 0 Å². The monoisotopic (exact) mass is 214 g/mol. The second-order valence-electron chi connectivity index (χ2n) is 5.31. The third kappa shape index (κ3) is 2.21. The van der Waals surface area contributed by atoms with Crippen LogP contribution in [0.1, 0.15) is 41.5 Å². The van der Waals surface area contributed by atoms with Gasteiger partial charge in [-0.3, -0.25) is 0 Å². The van der Waals surface area contributed by atoms with E-state index in [1.807, 2.05) is 0 Å². The molecule has 0 spiro atoms. The van der Waals surface area contributed by atoms with E-state index in [0.29, 0.717) is 0 Å². The smallest absolute Gasteiger partial charge is 0.0165 e. The Hall–Kier alpha value is -1.04. The first-order valence-electron chi connectivity index (χ1n) is 6.32. The molecule has 0 heteroatoms. The van der Waals surface area contributed by atoms with E-state index in [1.54, 1.807) is 0 Å². The molecule has 0 heterocycles. The van der Waals surface area contributed by atoms with E-state index < -0.39 is 0 Å². The maximum atomic E-state index is 4.20. The maximum Gasteiger partial charge on any atom is -0.0165 e. The first kappa shape index (κ1) is 11.4. The van der Waals surface area contributed by atoms with Crippen molar-refractivity contribution in [1.82, 2.24) is 0 Å². The number of hydrogen-bond donors (Lipinski definition) is 0. The number of aryl methyl sites for hydroxylation is 3. The van der Waals surface area contributed by atoms with Crippen LogP contribution in [0, 0.1) is 26.7 Å². The van der Waals surface area contributed by atoms with Crippen LogP contribution in [-0.4, -0.2) is 0 Å². The summed E-state index contributed by atoms with van der Waals surface area (Å²) >= 11 is 0. The summed E-state index contributed by atoms with van der Waals surface area (Å²) in [7, 11) is 0. The van der Waals surface area contributed by atoms with Crippen LogP contribution in [0.25, 0.3) is 0 Å². The highest BCUT2D eigenvalue weighted by atomic mass is 14.2. The highest BCUT2D eigenvalue weighted by Gasteiger charge is 2.20. The average molecular weight is 214 g/mol. The van der Waals surface area contributed by atoms with Gasteiger partial charge in [0.1, 0.15) is 0 Å². The Labute approximate surface area is 99.4 Å². The minimum atomic E-state index is 0.737. The van der Waals surface area contributed by atoms with Crippen LogP contribution in [0.4, 0.5) is 0 Å². The van der Waals surface area contributed by atoms with Crippen molar-refractivity contribution in [2.75, 3.05) is 0 Å². The summed E-state index contributed by atoms with van der Waals surface area (Å²) in [6.45, 7) is 10.8. The zero-order chi connectivity index (χ0) is 11.7. The molecule has 2 rings (SSSR count). The van der Waals surface area contributed by atoms with Crippen LogP contribution in [0.5, 0.6) is 0 Å². The van der Waals surface area contributed by atoms with Crippen molar-refractivity contribution >= 4 is 0 Å². The zero-order valence-electron chi connectivity index (χ0n) is 10.8. The Kier molecular flexibility index (Phi) is 3.18. The lowest BCUT2D eigenvalue weighted by Gasteiger charge is -2.15. The van der Waals surface area contributed by atoms with Crippen molar-refractivity contribution in [1.29, 1.82) is 0 Å². The van der Waals surface area contributed by atoms with Crippen molar-refractivity contribution in [2.24, 2.45) is 5.92 Å². The molecule has 0 aliphatic heterocycles. The Morgan fingerprint density at radius 1 is 1.12 bits per heavy atom. The average Bonchev–Trinajstić information content (AvgIpc) is 2.61. The van der Waals surface area contributed by atoms with Gasteiger partial charge in [-0.15, -0.1) is 0 Å². The molecule has 0 bridgehead atoms. The minimum absolute atomic E-state index is 0.737. The van der Waals surface area contributed by atoms with Gasteiger partial charge in [-0.1, -0.05) is 24.3 Å². The number of benzene rings is 1. The number of hydrogen-bond acceptors (Lipinski definition) is 0. The van der Waals surface area contributed by atoms with Crippen LogP contribution in [-0.2, 0) is 6.42 Å². The molecule has 1 fully saturated rings. The highest BCUT2D eigenvalue weighted by molar-refractivity contribution is 5.37. The summed E-state index contributed by atoms with van der Waals surface area (Å²) in [5.74, 6) is 0.737. The van der Waals surface area contributed by atoms with E-state index in [0.717, 1.165) is 5.92 Å². The van der Waals surface area contributed by atoms with Crippen LogP contribution >= 0.6 is 0 Å². The van der Waals surface area contributed by atoms with Crippen molar-refractivity contribution in [2.45, 2.75) is 46.5 Å². The predicted molar refractivity (Wildman–Crippen MR) is 70.8 cm³/mol. The first-order chi connectivity index (χ1) is 7.58. The van der Waals surface area contributed by atoms with Crippen molar-refractivity contribution < 1.29 is 0 Å². The van der Waals surface area contributed by atoms with Gasteiger partial charge in [0.25, 0.3) is 0 Å². The normalized spacial score (nSPS) is 20.4. The fourth-order valence-electron chi connectivity index (χ4n) is 2.74. The second-order valence-corrected chi connectivity index (χ2v) is 5.31. The lowest BCUT2D eigenvalue weighted by Crippen LogP contribution is -2.03.